The van der Waals surface area contributed by atoms with Gasteiger partial charge < -0.3 is 19.8 Å². The van der Waals surface area contributed by atoms with Crippen molar-refractivity contribution in [3.8, 4) is 0 Å². The highest BCUT2D eigenvalue weighted by molar-refractivity contribution is 5.82. The average molecular weight is 530 g/mol. The van der Waals surface area contributed by atoms with Crippen molar-refractivity contribution in [2.45, 2.75) is 63.6 Å². The smallest absolute Gasteiger partial charge is 0.315 e. The predicted molar refractivity (Wildman–Crippen MR) is 155 cm³/mol. The summed E-state index contributed by atoms with van der Waals surface area (Å²) in [6.07, 6.45) is 2.77. The fraction of sp³-hybridized carbons (Fsp3) is 0.441. The number of piperidine rings is 1. The van der Waals surface area contributed by atoms with Gasteiger partial charge in [0.15, 0.2) is 0 Å². The molecule has 39 heavy (non-hydrogen) atoms. The molecule has 3 aromatic carbocycles. The van der Waals surface area contributed by atoms with Gasteiger partial charge in [-0.25, -0.2) is 0 Å². The molecule has 4 rings (SSSR count). The van der Waals surface area contributed by atoms with Crippen LogP contribution in [0.3, 0.4) is 0 Å². The molecule has 0 aliphatic carbocycles. The molecular formula is C34H43NO4. The number of carbonyl (C=O) groups is 1. The van der Waals surface area contributed by atoms with Crippen LogP contribution in [0.2, 0.25) is 0 Å². The van der Waals surface area contributed by atoms with Crippen LogP contribution in [-0.2, 0) is 20.5 Å². The summed E-state index contributed by atoms with van der Waals surface area (Å²) < 4.78 is 5.25. The van der Waals surface area contributed by atoms with Gasteiger partial charge in [0.1, 0.15) is 5.60 Å². The van der Waals surface area contributed by atoms with Gasteiger partial charge in [-0.3, -0.25) is 4.79 Å². The highest BCUT2D eigenvalue weighted by Gasteiger charge is 2.41. The Labute approximate surface area is 233 Å². The van der Waals surface area contributed by atoms with Crippen molar-refractivity contribution in [1.29, 1.82) is 0 Å². The molecule has 0 saturated carbocycles. The van der Waals surface area contributed by atoms with E-state index in [1.165, 1.54) is 0 Å². The summed E-state index contributed by atoms with van der Waals surface area (Å²) in [5.74, 6) is -0.124. The van der Waals surface area contributed by atoms with Gasteiger partial charge >= 0.3 is 5.97 Å². The van der Waals surface area contributed by atoms with Gasteiger partial charge in [-0.15, -0.1) is 0 Å². The molecule has 1 aliphatic rings. The third-order valence-electron chi connectivity index (χ3n) is 8.34. The van der Waals surface area contributed by atoms with Gasteiger partial charge in [0.2, 0.25) is 0 Å². The highest BCUT2D eigenvalue weighted by atomic mass is 16.5. The molecule has 1 atom stereocenters. The monoisotopic (exact) mass is 529 g/mol. The summed E-state index contributed by atoms with van der Waals surface area (Å²) in [6, 6.07) is 27.8. The largest absolute Gasteiger partial charge is 0.465 e. The Balaban J connectivity index is 1.33. The van der Waals surface area contributed by atoms with E-state index in [9.17, 15) is 15.0 Å². The molecule has 0 bridgehead atoms. The van der Waals surface area contributed by atoms with E-state index in [1.807, 2.05) is 106 Å². The summed E-state index contributed by atoms with van der Waals surface area (Å²) >= 11 is 0. The Morgan fingerprint density at radius 3 is 2.05 bits per heavy atom. The van der Waals surface area contributed by atoms with Crippen molar-refractivity contribution in [3.05, 3.63) is 107 Å². The second-order valence-corrected chi connectivity index (χ2v) is 11.2. The van der Waals surface area contributed by atoms with E-state index in [0.29, 0.717) is 13.0 Å². The summed E-state index contributed by atoms with van der Waals surface area (Å²) in [4.78, 5) is 14.9. The van der Waals surface area contributed by atoms with Crippen molar-refractivity contribution in [2.75, 3.05) is 26.2 Å². The first-order valence-corrected chi connectivity index (χ1v) is 14.3. The Kier molecular flexibility index (Phi) is 9.60. The molecule has 0 amide bonds. The lowest BCUT2D eigenvalue weighted by atomic mass is 9.72. The first kappa shape index (κ1) is 29.0. The topological polar surface area (TPSA) is 70.0 Å². The number of nitrogens with zero attached hydrogens (tertiary/aromatic N) is 1. The first-order valence-electron chi connectivity index (χ1n) is 14.3. The van der Waals surface area contributed by atoms with E-state index in [4.69, 9.17) is 4.74 Å². The van der Waals surface area contributed by atoms with Crippen LogP contribution in [0.15, 0.2) is 84.9 Å². The van der Waals surface area contributed by atoms with Gasteiger partial charge in [-0.2, -0.15) is 0 Å². The van der Waals surface area contributed by atoms with Crippen molar-refractivity contribution in [2.24, 2.45) is 5.92 Å². The normalized spacial score (nSPS) is 16.1. The minimum Gasteiger partial charge on any atom is -0.465 e. The molecule has 1 unspecified atom stereocenters. The standard InChI is InChI=1S/C34H43NO4/c1-4-39-32(37)33(2,3)30-18-11-13-26(25-30)31(36)19-12-22-35-23-20-29(21-24-35)34(38,27-14-7-5-8-15-27)28-16-9-6-10-17-28/h5-11,13-18,25,29,31,36,38H,4,12,19-24H2,1-3H3. The molecule has 0 aromatic heterocycles. The zero-order valence-electron chi connectivity index (χ0n) is 23.6. The molecule has 2 N–H and O–H groups in total. The Bertz CT molecular complexity index is 1150. The number of aliphatic hydroxyl groups excluding tert-OH is 1. The van der Waals surface area contributed by atoms with Gasteiger partial charge in [-0.05, 0) is 94.3 Å². The number of aliphatic hydroxyl groups is 2. The van der Waals surface area contributed by atoms with E-state index in [-0.39, 0.29) is 11.9 Å². The number of hydrogen-bond acceptors (Lipinski definition) is 5. The molecule has 5 nitrogen and oxygen atoms in total. The SMILES string of the molecule is CCOC(=O)C(C)(C)c1cccc(C(O)CCCN2CCC(C(O)(c3ccccc3)c3ccccc3)CC2)c1. The molecule has 208 valence electrons. The zero-order valence-corrected chi connectivity index (χ0v) is 23.6. The summed E-state index contributed by atoms with van der Waals surface area (Å²) in [7, 11) is 0. The molecule has 3 aromatic rings. The molecule has 5 heteroatoms. The number of hydrogen-bond donors (Lipinski definition) is 2. The van der Waals surface area contributed by atoms with Crippen LogP contribution in [0.25, 0.3) is 0 Å². The lowest BCUT2D eigenvalue weighted by Gasteiger charge is -2.42. The summed E-state index contributed by atoms with van der Waals surface area (Å²) in [5.41, 5.74) is 1.81. The molecule has 0 spiro atoms. The summed E-state index contributed by atoms with van der Waals surface area (Å²) in [5, 5.41) is 23.0. The van der Waals surface area contributed by atoms with Gasteiger partial charge in [0.05, 0.1) is 18.1 Å². The second-order valence-electron chi connectivity index (χ2n) is 11.2. The lowest BCUT2D eigenvalue weighted by molar-refractivity contribution is -0.148. The number of esters is 1. The van der Waals surface area contributed by atoms with Crippen molar-refractivity contribution in [1.82, 2.24) is 4.90 Å². The van der Waals surface area contributed by atoms with Gasteiger partial charge in [0.25, 0.3) is 0 Å². The van der Waals surface area contributed by atoms with Gasteiger partial charge in [0, 0.05) is 0 Å². The minimum absolute atomic E-state index is 0.134. The fourth-order valence-electron chi connectivity index (χ4n) is 5.84. The van der Waals surface area contributed by atoms with Crippen LogP contribution in [0.5, 0.6) is 0 Å². The molecule has 1 heterocycles. The van der Waals surface area contributed by atoms with Crippen molar-refractivity contribution >= 4 is 5.97 Å². The Morgan fingerprint density at radius 2 is 1.49 bits per heavy atom. The maximum absolute atomic E-state index is 12.4. The zero-order chi connectivity index (χ0) is 27.9. The van der Waals surface area contributed by atoms with Crippen molar-refractivity contribution in [3.63, 3.8) is 0 Å². The van der Waals surface area contributed by atoms with E-state index in [1.54, 1.807) is 0 Å². The van der Waals surface area contributed by atoms with Gasteiger partial charge in [-0.1, -0.05) is 84.9 Å². The molecule has 0 radical (unpaired) electrons. The van der Waals surface area contributed by atoms with E-state index < -0.39 is 17.1 Å². The third-order valence-corrected chi connectivity index (χ3v) is 8.34. The Hall–Kier alpha value is -2.99. The lowest BCUT2D eigenvalue weighted by Crippen LogP contribution is -2.44. The molecular weight excluding hydrogens is 486 g/mol. The van der Waals surface area contributed by atoms with Crippen LogP contribution >= 0.6 is 0 Å². The van der Waals surface area contributed by atoms with Crippen LogP contribution in [-0.4, -0.2) is 47.3 Å². The quantitative estimate of drug-likeness (QED) is 0.299. The second kappa shape index (κ2) is 12.9. The van der Waals surface area contributed by atoms with Crippen LogP contribution in [0.4, 0.5) is 0 Å². The minimum atomic E-state index is -1.01. The number of likely N-dealkylation sites (tertiary alicyclic amines) is 1. The molecule has 1 saturated heterocycles. The first-order chi connectivity index (χ1) is 18.8. The molecule has 1 aliphatic heterocycles. The van der Waals surface area contributed by atoms with Crippen LogP contribution in [0.1, 0.15) is 74.8 Å². The Morgan fingerprint density at radius 1 is 0.923 bits per heavy atom. The number of carbonyl (C=O) groups excluding carboxylic acids is 1. The number of ether oxygens (including phenoxy) is 1. The fourth-order valence-corrected chi connectivity index (χ4v) is 5.84. The van der Waals surface area contributed by atoms with E-state index in [2.05, 4.69) is 4.90 Å². The van der Waals surface area contributed by atoms with E-state index in [0.717, 1.165) is 61.2 Å². The van der Waals surface area contributed by atoms with E-state index >= 15 is 0 Å². The number of rotatable bonds is 11. The maximum atomic E-state index is 12.4. The maximum Gasteiger partial charge on any atom is 0.315 e. The highest BCUT2D eigenvalue weighted by Crippen LogP contribution is 2.42. The predicted octanol–water partition coefficient (Wildman–Crippen LogP) is 5.99. The number of benzene rings is 3. The third kappa shape index (κ3) is 6.60. The van der Waals surface area contributed by atoms with Crippen molar-refractivity contribution < 1.29 is 19.7 Å². The molecule has 1 fully saturated rings. The van der Waals surface area contributed by atoms with Crippen LogP contribution < -0.4 is 0 Å². The van der Waals surface area contributed by atoms with Crippen LogP contribution in [0, 0.1) is 5.92 Å². The average Bonchev–Trinajstić information content (AvgIpc) is 2.98. The summed E-state index contributed by atoms with van der Waals surface area (Å²) in [6.45, 7) is 8.63.